The summed E-state index contributed by atoms with van der Waals surface area (Å²) in [5, 5.41) is 4.71. The van der Waals surface area contributed by atoms with Gasteiger partial charge in [0.15, 0.2) is 0 Å². The van der Waals surface area contributed by atoms with Crippen LogP contribution in [0, 0.1) is 0 Å². The zero-order valence-electron chi connectivity index (χ0n) is 11.0. The van der Waals surface area contributed by atoms with E-state index in [1.165, 1.54) is 20.7 Å². The molecule has 1 aromatic carbocycles. The van der Waals surface area contributed by atoms with Crippen molar-refractivity contribution >= 4 is 33.6 Å². The normalized spacial score (nSPS) is 12.2. The first-order valence-electron chi connectivity index (χ1n) is 5.92. The zero-order valence-corrected chi connectivity index (χ0v) is 14.6. The SMILES string of the molecule is [CH3][Sn]([CH3])([CH3])[c]1cc(Cl)ccc1-n1cc(C(F)F)cn1. The summed E-state index contributed by atoms with van der Waals surface area (Å²) in [5.74, 6) is 0. The number of rotatable bonds is 3. The van der Waals surface area contributed by atoms with Crippen molar-refractivity contribution in [2.75, 3.05) is 0 Å². The summed E-state index contributed by atoms with van der Waals surface area (Å²) < 4.78 is 28.0. The molecule has 0 atom stereocenters. The molecule has 0 N–H and O–H groups in total. The van der Waals surface area contributed by atoms with E-state index in [4.69, 9.17) is 11.6 Å². The Hall–Kier alpha value is -0.621. The van der Waals surface area contributed by atoms with Crippen molar-refractivity contribution in [2.24, 2.45) is 0 Å². The van der Waals surface area contributed by atoms with Crippen LogP contribution in [-0.2, 0) is 0 Å². The molecule has 0 aliphatic carbocycles. The molecule has 0 bridgehead atoms. The maximum absolute atomic E-state index is 12.6. The molecule has 0 unspecified atom stereocenters. The van der Waals surface area contributed by atoms with Crippen LogP contribution in [0.1, 0.15) is 12.0 Å². The third kappa shape index (κ3) is 3.28. The summed E-state index contributed by atoms with van der Waals surface area (Å²) in [6.45, 7) is 0. The molecule has 0 fully saturated rings. The molecule has 19 heavy (non-hydrogen) atoms. The van der Waals surface area contributed by atoms with E-state index in [2.05, 4.69) is 19.9 Å². The van der Waals surface area contributed by atoms with Gasteiger partial charge in [0.2, 0.25) is 0 Å². The molecule has 6 heteroatoms. The second-order valence-electron chi connectivity index (χ2n) is 5.43. The average molecular weight is 391 g/mol. The summed E-state index contributed by atoms with van der Waals surface area (Å²) in [5.41, 5.74) is 0.796. The number of benzene rings is 1. The molecule has 1 heterocycles. The van der Waals surface area contributed by atoms with Crippen molar-refractivity contribution in [3.63, 3.8) is 0 Å². The molecular formula is C13H15ClF2N2Sn. The summed E-state index contributed by atoms with van der Waals surface area (Å²) in [6, 6.07) is 5.56. The van der Waals surface area contributed by atoms with Crippen LogP contribution >= 0.6 is 11.6 Å². The predicted molar refractivity (Wildman–Crippen MR) is 76.5 cm³/mol. The second-order valence-corrected chi connectivity index (χ2v) is 20.2. The van der Waals surface area contributed by atoms with Gasteiger partial charge in [0.05, 0.1) is 0 Å². The third-order valence-electron chi connectivity index (χ3n) is 2.87. The van der Waals surface area contributed by atoms with Crippen LogP contribution < -0.4 is 3.58 Å². The van der Waals surface area contributed by atoms with Crippen LogP contribution in [0.4, 0.5) is 8.78 Å². The average Bonchev–Trinajstić information content (AvgIpc) is 2.77. The third-order valence-corrected chi connectivity index (χ3v) is 8.86. The van der Waals surface area contributed by atoms with Gasteiger partial charge in [0, 0.05) is 0 Å². The minimum atomic E-state index is -2.50. The molecule has 0 spiro atoms. The molecule has 0 aliphatic heterocycles. The molecule has 0 aliphatic rings. The molecule has 0 amide bonds. The van der Waals surface area contributed by atoms with Crippen LogP contribution in [0.2, 0.25) is 19.8 Å². The fraction of sp³-hybridized carbons (Fsp3) is 0.308. The Balaban J connectivity index is 2.55. The monoisotopic (exact) mass is 392 g/mol. The second kappa shape index (κ2) is 5.40. The van der Waals surface area contributed by atoms with Gasteiger partial charge < -0.3 is 0 Å². The van der Waals surface area contributed by atoms with Gasteiger partial charge in [-0.2, -0.15) is 0 Å². The van der Waals surface area contributed by atoms with Crippen LogP contribution in [0.5, 0.6) is 0 Å². The molecule has 0 saturated carbocycles. The van der Waals surface area contributed by atoms with E-state index in [1.54, 1.807) is 6.07 Å². The number of halogens is 3. The number of alkyl halides is 2. The maximum atomic E-state index is 12.6. The minimum absolute atomic E-state index is 0.0648. The topological polar surface area (TPSA) is 17.8 Å². The Bertz CT molecular complexity index is 591. The van der Waals surface area contributed by atoms with Crippen molar-refractivity contribution in [3.8, 4) is 5.69 Å². The Morgan fingerprint density at radius 3 is 2.47 bits per heavy atom. The van der Waals surface area contributed by atoms with E-state index < -0.39 is 24.8 Å². The fourth-order valence-electron chi connectivity index (χ4n) is 1.89. The van der Waals surface area contributed by atoms with Crippen LogP contribution in [0.15, 0.2) is 30.6 Å². The zero-order chi connectivity index (χ0) is 14.2. The van der Waals surface area contributed by atoms with Gasteiger partial charge in [-0.05, 0) is 0 Å². The van der Waals surface area contributed by atoms with Crippen molar-refractivity contribution in [3.05, 3.63) is 41.2 Å². The van der Waals surface area contributed by atoms with E-state index in [1.807, 2.05) is 12.1 Å². The van der Waals surface area contributed by atoms with Crippen molar-refractivity contribution in [2.45, 2.75) is 21.2 Å². The summed E-state index contributed by atoms with van der Waals surface area (Å²) in [6.07, 6.45) is 0.0960. The predicted octanol–water partition coefficient (Wildman–Crippen LogP) is 4.01. The molecule has 0 saturated heterocycles. The van der Waals surface area contributed by atoms with E-state index in [0.717, 1.165) is 5.69 Å². The van der Waals surface area contributed by atoms with Gasteiger partial charge in [0.25, 0.3) is 0 Å². The van der Waals surface area contributed by atoms with E-state index >= 15 is 0 Å². The fourth-order valence-corrected chi connectivity index (χ4v) is 6.76. The number of aromatic nitrogens is 2. The first-order chi connectivity index (χ1) is 8.79. The number of hydrogen-bond donors (Lipinski definition) is 0. The number of hydrogen-bond acceptors (Lipinski definition) is 1. The van der Waals surface area contributed by atoms with E-state index in [0.29, 0.717) is 5.02 Å². The Kier molecular flexibility index (Phi) is 4.20. The van der Waals surface area contributed by atoms with Crippen LogP contribution in [0.25, 0.3) is 5.69 Å². The Morgan fingerprint density at radius 1 is 1.26 bits per heavy atom. The van der Waals surface area contributed by atoms with Crippen molar-refractivity contribution in [1.29, 1.82) is 0 Å². The van der Waals surface area contributed by atoms with Crippen molar-refractivity contribution in [1.82, 2.24) is 9.78 Å². The molecule has 2 aromatic rings. The summed E-state index contributed by atoms with van der Waals surface area (Å²) in [7, 11) is 0. The van der Waals surface area contributed by atoms with E-state index in [9.17, 15) is 8.78 Å². The first-order valence-corrected chi connectivity index (χ1v) is 16.3. The molecule has 0 radical (unpaired) electrons. The molecular weight excluding hydrogens is 376 g/mol. The van der Waals surface area contributed by atoms with Crippen LogP contribution in [-0.4, -0.2) is 28.2 Å². The quantitative estimate of drug-likeness (QED) is 0.723. The first kappa shape index (κ1) is 14.8. The molecule has 102 valence electrons. The van der Waals surface area contributed by atoms with Gasteiger partial charge in [-0.15, -0.1) is 0 Å². The molecule has 2 rings (SSSR count). The van der Waals surface area contributed by atoms with E-state index in [-0.39, 0.29) is 5.56 Å². The summed E-state index contributed by atoms with van der Waals surface area (Å²) >= 11 is 3.65. The van der Waals surface area contributed by atoms with Gasteiger partial charge in [0.1, 0.15) is 0 Å². The van der Waals surface area contributed by atoms with Gasteiger partial charge in [-0.25, -0.2) is 0 Å². The summed E-state index contributed by atoms with van der Waals surface area (Å²) in [4.78, 5) is 6.75. The van der Waals surface area contributed by atoms with Gasteiger partial charge in [-0.1, -0.05) is 0 Å². The van der Waals surface area contributed by atoms with Gasteiger partial charge >= 0.3 is 120 Å². The molecule has 1 aromatic heterocycles. The standard InChI is InChI=1S/C10H6ClF2N2.3CH3.Sn/c11-8-1-3-9(4-2-8)15-6-7(5-14-15)10(12)13;;;;/h1-3,5-6,10H;3*1H3;. The Labute approximate surface area is 120 Å². The van der Waals surface area contributed by atoms with Gasteiger partial charge in [-0.3, -0.25) is 0 Å². The number of nitrogens with zero attached hydrogens (tertiary/aromatic N) is 2. The van der Waals surface area contributed by atoms with Crippen molar-refractivity contribution < 1.29 is 8.78 Å². The Morgan fingerprint density at radius 2 is 1.95 bits per heavy atom. The van der Waals surface area contributed by atoms with Crippen LogP contribution in [0.3, 0.4) is 0 Å². The molecule has 2 nitrogen and oxygen atoms in total.